The van der Waals surface area contributed by atoms with E-state index in [2.05, 4.69) is 20.6 Å². The van der Waals surface area contributed by atoms with Crippen LogP contribution in [0.5, 0.6) is 0 Å². The predicted octanol–water partition coefficient (Wildman–Crippen LogP) is 3.23. The van der Waals surface area contributed by atoms with Crippen molar-refractivity contribution in [3.05, 3.63) is 47.8 Å². The lowest BCUT2D eigenvalue weighted by Gasteiger charge is -2.08. The fourth-order valence-corrected chi connectivity index (χ4v) is 2.19. The summed E-state index contributed by atoms with van der Waals surface area (Å²) in [6.45, 7) is 3.79. The number of nitrogens with one attached hydrogen (secondary N) is 2. The van der Waals surface area contributed by atoms with Crippen molar-refractivity contribution in [1.82, 2.24) is 9.97 Å². The number of hydrogen-bond donors (Lipinski definition) is 2. The Balaban J connectivity index is 1.67. The Labute approximate surface area is 141 Å². The summed E-state index contributed by atoms with van der Waals surface area (Å²) in [4.78, 5) is 32.0. The molecule has 2 rings (SSSR count). The maximum Gasteiger partial charge on any atom is 0.225 e. The van der Waals surface area contributed by atoms with Crippen molar-refractivity contribution in [3.8, 4) is 0 Å². The highest BCUT2D eigenvalue weighted by Crippen LogP contribution is 2.12. The van der Waals surface area contributed by atoms with E-state index in [-0.39, 0.29) is 11.8 Å². The first-order chi connectivity index (χ1) is 11.6. The highest BCUT2D eigenvalue weighted by molar-refractivity contribution is 5.91. The lowest BCUT2D eigenvalue weighted by Crippen LogP contribution is -2.15. The van der Waals surface area contributed by atoms with Crippen molar-refractivity contribution in [1.29, 1.82) is 0 Å². The summed E-state index contributed by atoms with van der Waals surface area (Å²) in [6.07, 6.45) is 5.32. The molecule has 0 spiro atoms. The molecule has 6 nitrogen and oxygen atoms in total. The van der Waals surface area contributed by atoms with E-state index >= 15 is 0 Å². The summed E-state index contributed by atoms with van der Waals surface area (Å²) >= 11 is 0. The summed E-state index contributed by atoms with van der Waals surface area (Å²) < 4.78 is 0. The molecule has 2 N–H and O–H groups in total. The van der Waals surface area contributed by atoms with Gasteiger partial charge in [0, 0.05) is 25.2 Å². The molecule has 0 fully saturated rings. The van der Waals surface area contributed by atoms with Crippen LogP contribution in [0.2, 0.25) is 0 Å². The van der Waals surface area contributed by atoms with E-state index in [4.69, 9.17) is 0 Å². The summed E-state index contributed by atoms with van der Waals surface area (Å²) in [5.74, 6) is 1.01. The van der Waals surface area contributed by atoms with Crippen LogP contribution in [0.4, 0.5) is 11.6 Å². The number of unbranched alkanes of at least 4 members (excludes halogenated alkanes) is 1. The van der Waals surface area contributed by atoms with Gasteiger partial charge in [0.05, 0.1) is 0 Å². The number of anilines is 2. The quantitative estimate of drug-likeness (QED) is 0.765. The molecule has 0 radical (unpaired) electrons. The second-order valence-electron chi connectivity index (χ2n) is 5.64. The summed E-state index contributed by atoms with van der Waals surface area (Å²) in [5, 5.41) is 5.57. The van der Waals surface area contributed by atoms with Crippen molar-refractivity contribution in [2.75, 3.05) is 10.6 Å². The van der Waals surface area contributed by atoms with E-state index in [1.54, 1.807) is 12.4 Å². The second-order valence-corrected chi connectivity index (χ2v) is 5.64. The molecule has 2 aromatic rings. The molecule has 0 aliphatic carbocycles. The third-order valence-electron chi connectivity index (χ3n) is 3.59. The van der Waals surface area contributed by atoms with Gasteiger partial charge in [0.15, 0.2) is 0 Å². The smallest absolute Gasteiger partial charge is 0.225 e. The van der Waals surface area contributed by atoms with Crippen LogP contribution in [0.15, 0.2) is 36.7 Å². The van der Waals surface area contributed by atoms with Crippen LogP contribution in [0.3, 0.4) is 0 Å². The van der Waals surface area contributed by atoms with E-state index in [1.807, 2.05) is 38.1 Å². The largest absolute Gasteiger partial charge is 0.310 e. The number of carbonyl (C=O) groups excluding carboxylic acids is 2. The van der Waals surface area contributed by atoms with Gasteiger partial charge in [0.25, 0.3) is 0 Å². The Morgan fingerprint density at radius 2 is 1.25 bits per heavy atom. The number of pyridine rings is 2. The minimum absolute atomic E-state index is 0.0854. The molecule has 24 heavy (non-hydrogen) atoms. The SMILES string of the molecule is Cc1cccnc1NC(=O)CCCCC(=O)Nc1ncccc1C. The van der Waals surface area contributed by atoms with Crippen LogP contribution in [-0.4, -0.2) is 21.8 Å². The zero-order chi connectivity index (χ0) is 17.4. The van der Waals surface area contributed by atoms with Gasteiger partial charge in [-0.3, -0.25) is 9.59 Å². The predicted molar refractivity (Wildman–Crippen MR) is 93.7 cm³/mol. The molecule has 6 heteroatoms. The molecule has 2 heterocycles. The van der Waals surface area contributed by atoms with Crippen molar-refractivity contribution < 1.29 is 9.59 Å². The normalized spacial score (nSPS) is 10.2. The molecule has 0 atom stereocenters. The molecular weight excluding hydrogens is 304 g/mol. The Morgan fingerprint density at radius 3 is 1.62 bits per heavy atom. The van der Waals surface area contributed by atoms with Gasteiger partial charge in [-0.15, -0.1) is 0 Å². The molecule has 2 amide bonds. The molecule has 2 aromatic heterocycles. The Kier molecular flexibility index (Phi) is 6.42. The van der Waals surface area contributed by atoms with E-state index in [9.17, 15) is 9.59 Å². The van der Waals surface area contributed by atoms with Crippen LogP contribution in [-0.2, 0) is 9.59 Å². The van der Waals surface area contributed by atoms with E-state index < -0.39 is 0 Å². The summed E-state index contributed by atoms with van der Waals surface area (Å²) in [6, 6.07) is 7.44. The Bertz CT molecular complexity index is 654. The standard InChI is InChI=1S/C18H22N4O2/c1-13-7-5-11-19-17(13)21-15(23)9-3-4-10-16(24)22-18-14(2)8-6-12-20-18/h5-8,11-12H,3-4,9-10H2,1-2H3,(H,19,21,23)(H,20,22,24). The van der Waals surface area contributed by atoms with Gasteiger partial charge < -0.3 is 10.6 Å². The molecule has 126 valence electrons. The topological polar surface area (TPSA) is 84.0 Å². The fraction of sp³-hybridized carbons (Fsp3) is 0.333. The molecule has 0 saturated carbocycles. The minimum Gasteiger partial charge on any atom is -0.310 e. The van der Waals surface area contributed by atoms with E-state index in [1.165, 1.54) is 0 Å². The molecule has 0 bridgehead atoms. The van der Waals surface area contributed by atoms with Gasteiger partial charge in [0.1, 0.15) is 11.6 Å². The minimum atomic E-state index is -0.0854. The van der Waals surface area contributed by atoms with Crippen LogP contribution in [0.1, 0.15) is 36.8 Å². The van der Waals surface area contributed by atoms with E-state index in [0.717, 1.165) is 11.1 Å². The van der Waals surface area contributed by atoms with Crippen molar-refractivity contribution in [2.45, 2.75) is 39.5 Å². The second kappa shape index (κ2) is 8.76. The van der Waals surface area contributed by atoms with Crippen LogP contribution >= 0.6 is 0 Å². The number of rotatable bonds is 7. The molecule has 0 unspecified atom stereocenters. The van der Waals surface area contributed by atoms with Crippen LogP contribution in [0.25, 0.3) is 0 Å². The molecule has 0 saturated heterocycles. The number of hydrogen-bond acceptors (Lipinski definition) is 4. The highest BCUT2D eigenvalue weighted by atomic mass is 16.2. The number of aromatic nitrogens is 2. The summed E-state index contributed by atoms with van der Waals surface area (Å²) in [7, 11) is 0. The Morgan fingerprint density at radius 1 is 0.833 bits per heavy atom. The third-order valence-corrected chi connectivity index (χ3v) is 3.59. The van der Waals surface area contributed by atoms with Crippen molar-refractivity contribution in [2.24, 2.45) is 0 Å². The maximum atomic E-state index is 11.9. The zero-order valence-electron chi connectivity index (χ0n) is 14.0. The van der Waals surface area contributed by atoms with Gasteiger partial charge in [-0.2, -0.15) is 0 Å². The van der Waals surface area contributed by atoms with Gasteiger partial charge in [-0.1, -0.05) is 12.1 Å². The number of aryl methyl sites for hydroxylation is 2. The first kappa shape index (κ1) is 17.6. The van der Waals surface area contributed by atoms with Gasteiger partial charge in [-0.05, 0) is 49.9 Å². The maximum absolute atomic E-state index is 11.9. The summed E-state index contributed by atoms with van der Waals surface area (Å²) in [5.41, 5.74) is 1.85. The highest BCUT2D eigenvalue weighted by Gasteiger charge is 2.08. The average molecular weight is 326 g/mol. The van der Waals surface area contributed by atoms with E-state index in [0.29, 0.717) is 37.3 Å². The van der Waals surface area contributed by atoms with Crippen molar-refractivity contribution in [3.63, 3.8) is 0 Å². The molecule has 0 aliphatic heterocycles. The fourth-order valence-electron chi connectivity index (χ4n) is 2.19. The third kappa shape index (κ3) is 5.46. The number of nitrogens with zero attached hydrogens (tertiary/aromatic N) is 2. The zero-order valence-corrected chi connectivity index (χ0v) is 14.0. The van der Waals surface area contributed by atoms with Crippen molar-refractivity contribution >= 4 is 23.5 Å². The molecule has 0 aliphatic rings. The van der Waals surface area contributed by atoms with Gasteiger partial charge in [-0.25, -0.2) is 9.97 Å². The van der Waals surface area contributed by atoms with Crippen LogP contribution < -0.4 is 10.6 Å². The van der Waals surface area contributed by atoms with Crippen LogP contribution in [0, 0.1) is 13.8 Å². The van der Waals surface area contributed by atoms with Gasteiger partial charge >= 0.3 is 0 Å². The molecule has 0 aromatic carbocycles. The first-order valence-electron chi connectivity index (χ1n) is 7.99. The molecular formula is C18H22N4O2. The lowest BCUT2D eigenvalue weighted by atomic mass is 10.1. The number of carbonyl (C=O) groups is 2. The lowest BCUT2D eigenvalue weighted by molar-refractivity contribution is -0.118. The number of amides is 2. The first-order valence-corrected chi connectivity index (χ1v) is 7.99. The van der Waals surface area contributed by atoms with Gasteiger partial charge in [0.2, 0.25) is 11.8 Å². The monoisotopic (exact) mass is 326 g/mol. The average Bonchev–Trinajstić information content (AvgIpc) is 2.56. The Hall–Kier alpha value is -2.76.